The van der Waals surface area contributed by atoms with Crippen molar-refractivity contribution in [2.75, 3.05) is 6.54 Å². The molecule has 0 aromatic heterocycles. The largest absolute Gasteiger partial charge is 0.505 e. The third-order valence-electron chi connectivity index (χ3n) is 3.02. The molecule has 1 aromatic carbocycles. The molecule has 1 saturated heterocycles. The lowest BCUT2D eigenvalue weighted by Crippen LogP contribution is -2.27. The van der Waals surface area contributed by atoms with E-state index in [-0.39, 0.29) is 11.8 Å². The van der Waals surface area contributed by atoms with Crippen LogP contribution >= 0.6 is 0 Å². The number of aromatic hydroxyl groups is 1. The van der Waals surface area contributed by atoms with Gasteiger partial charge in [-0.2, -0.15) is 0 Å². The van der Waals surface area contributed by atoms with Crippen molar-refractivity contribution in [1.82, 2.24) is 5.32 Å². The predicted octanol–water partition coefficient (Wildman–Crippen LogP) is 2.65. The zero-order valence-corrected chi connectivity index (χ0v) is 8.89. The maximum Gasteiger partial charge on any atom is 0.165 e. The first kappa shape index (κ1) is 10.4. The van der Waals surface area contributed by atoms with Crippen LogP contribution in [0.15, 0.2) is 12.1 Å². The maximum absolute atomic E-state index is 13.1. The Morgan fingerprint density at radius 1 is 1.40 bits per heavy atom. The molecular weight excluding hydrogens is 193 g/mol. The van der Waals surface area contributed by atoms with Gasteiger partial charge in [-0.15, -0.1) is 0 Å². The van der Waals surface area contributed by atoms with E-state index in [0.717, 1.165) is 24.1 Å². The van der Waals surface area contributed by atoms with Crippen LogP contribution < -0.4 is 5.32 Å². The van der Waals surface area contributed by atoms with Crippen molar-refractivity contribution in [2.24, 2.45) is 0 Å². The second-order valence-electron chi connectivity index (χ2n) is 4.16. The first-order valence-electron chi connectivity index (χ1n) is 5.41. The van der Waals surface area contributed by atoms with Gasteiger partial charge in [-0.3, -0.25) is 0 Å². The summed E-state index contributed by atoms with van der Waals surface area (Å²) >= 11 is 0. The molecule has 1 atom stereocenters. The summed E-state index contributed by atoms with van der Waals surface area (Å²) in [4.78, 5) is 0. The van der Waals surface area contributed by atoms with Gasteiger partial charge in [-0.1, -0.05) is 6.42 Å². The van der Waals surface area contributed by atoms with Gasteiger partial charge in [0.05, 0.1) is 0 Å². The van der Waals surface area contributed by atoms with Gasteiger partial charge in [0.15, 0.2) is 11.6 Å². The maximum atomic E-state index is 13.1. The van der Waals surface area contributed by atoms with Gasteiger partial charge in [0, 0.05) is 6.04 Å². The second kappa shape index (κ2) is 4.19. The Morgan fingerprint density at radius 3 is 2.87 bits per heavy atom. The Labute approximate surface area is 89.1 Å². The van der Waals surface area contributed by atoms with Crippen LogP contribution in [0.1, 0.15) is 36.4 Å². The van der Waals surface area contributed by atoms with E-state index in [2.05, 4.69) is 5.32 Å². The number of piperidine rings is 1. The average Bonchev–Trinajstić information content (AvgIpc) is 2.25. The van der Waals surface area contributed by atoms with Gasteiger partial charge in [0.25, 0.3) is 0 Å². The van der Waals surface area contributed by atoms with E-state index in [1.54, 1.807) is 6.07 Å². The molecule has 1 unspecified atom stereocenters. The fourth-order valence-corrected chi connectivity index (χ4v) is 2.17. The number of hydrogen-bond acceptors (Lipinski definition) is 2. The smallest absolute Gasteiger partial charge is 0.165 e. The molecule has 2 rings (SSSR count). The summed E-state index contributed by atoms with van der Waals surface area (Å²) in [6.07, 6.45) is 3.45. The van der Waals surface area contributed by atoms with Crippen molar-refractivity contribution in [2.45, 2.75) is 32.2 Å². The zero-order chi connectivity index (χ0) is 10.8. The lowest BCUT2D eigenvalue weighted by Gasteiger charge is -2.25. The zero-order valence-electron chi connectivity index (χ0n) is 8.89. The van der Waals surface area contributed by atoms with Gasteiger partial charge < -0.3 is 10.4 Å². The van der Waals surface area contributed by atoms with Crippen LogP contribution in [0.3, 0.4) is 0 Å². The molecule has 0 radical (unpaired) electrons. The molecule has 0 spiro atoms. The molecule has 1 aromatic rings. The van der Waals surface area contributed by atoms with Crippen molar-refractivity contribution in [3.8, 4) is 5.75 Å². The minimum absolute atomic E-state index is 0.247. The summed E-state index contributed by atoms with van der Waals surface area (Å²) in [6, 6.07) is 3.22. The first-order chi connectivity index (χ1) is 7.18. The van der Waals surface area contributed by atoms with E-state index in [9.17, 15) is 9.50 Å². The number of halogens is 1. The van der Waals surface area contributed by atoms with Gasteiger partial charge in [-0.25, -0.2) is 4.39 Å². The van der Waals surface area contributed by atoms with Gasteiger partial charge in [-0.05, 0) is 49.6 Å². The highest BCUT2D eigenvalue weighted by Gasteiger charge is 2.18. The average molecular weight is 209 g/mol. The van der Waals surface area contributed by atoms with Crippen molar-refractivity contribution in [3.05, 3.63) is 29.1 Å². The quantitative estimate of drug-likeness (QED) is 0.745. The lowest BCUT2D eigenvalue weighted by atomic mass is 9.94. The van der Waals surface area contributed by atoms with Crippen LogP contribution in [0.25, 0.3) is 0 Å². The summed E-state index contributed by atoms with van der Waals surface area (Å²) in [5.41, 5.74) is 1.93. The van der Waals surface area contributed by atoms with Gasteiger partial charge in [0.2, 0.25) is 0 Å². The summed E-state index contributed by atoms with van der Waals surface area (Å²) in [5, 5.41) is 12.7. The SMILES string of the molecule is Cc1cc(F)c(O)cc1C1CCCCN1. The Hall–Kier alpha value is -1.09. The van der Waals surface area contributed by atoms with Crippen LogP contribution in [0, 0.1) is 12.7 Å². The van der Waals surface area contributed by atoms with Gasteiger partial charge in [0.1, 0.15) is 0 Å². The van der Waals surface area contributed by atoms with E-state index in [0.29, 0.717) is 0 Å². The number of phenols is 1. The van der Waals surface area contributed by atoms with Crippen molar-refractivity contribution in [1.29, 1.82) is 0 Å². The number of aryl methyl sites for hydroxylation is 1. The van der Waals surface area contributed by atoms with Crippen molar-refractivity contribution in [3.63, 3.8) is 0 Å². The second-order valence-corrected chi connectivity index (χ2v) is 4.16. The molecule has 0 bridgehead atoms. The van der Waals surface area contributed by atoms with E-state index >= 15 is 0 Å². The minimum Gasteiger partial charge on any atom is -0.505 e. The molecule has 82 valence electrons. The first-order valence-corrected chi connectivity index (χ1v) is 5.41. The molecule has 2 N–H and O–H groups in total. The van der Waals surface area contributed by atoms with Crippen LogP contribution in [-0.4, -0.2) is 11.7 Å². The van der Waals surface area contributed by atoms with E-state index < -0.39 is 5.82 Å². The lowest BCUT2D eigenvalue weighted by molar-refractivity contribution is 0.402. The monoisotopic (exact) mass is 209 g/mol. The molecule has 1 heterocycles. The summed E-state index contributed by atoms with van der Waals surface area (Å²) < 4.78 is 13.1. The van der Waals surface area contributed by atoms with Crippen LogP contribution in [-0.2, 0) is 0 Å². The number of hydrogen-bond donors (Lipinski definition) is 2. The Kier molecular flexibility index (Phi) is 2.91. The fourth-order valence-electron chi connectivity index (χ4n) is 2.17. The highest BCUT2D eigenvalue weighted by Crippen LogP contribution is 2.29. The molecule has 1 aliphatic heterocycles. The molecule has 0 saturated carbocycles. The number of benzene rings is 1. The third kappa shape index (κ3) is 2.12. The highest BCUT2D eigenvalue weighted by atomic mass is 19.1. The fraction of sp³-hybridized carbons (Fsp3) is 0.500. The molecule has 15 heavy (non-hydrogen) atoms. The third-order valence-corrected chi connectivity index (χ3v) is 3.02. The number of rotatable bonds is 1. The number of phenolic OH excluding ortho intramolecular Hbond substituents is 1. The summed E-state index contributed by atoms with van der Waals surface area (Å²) in [6.45, 7) is 2.89. The normalized spacial score (nSPS) is 21.6. The predicted molar refractivity (Wildman–Crippen MR) is 57.4 cm³/mol. The molecule has 1 aliphatic rings. The molecule has 0 aliphatic carbocycles. The Morgan fingerprint density at radius 2 is 2.20 bits per heavy atom. The van der Waals surface area contributed by atoms with Crippen LogP contribution in [0.5, 0.6) is 5.75 Å². The van der Waals surface area contributed by atoms with Crippen LogP contribution in [0.4, 0.5) is 4.39 Å². The molecular formula is C12H16FNO. The summed E-state index contributed by atoms with van der Waals surface area (Å²) in [5.74, 6) is -0.782. The molecule has 3 heteroatoms. The Balaban J connectivity index is 2.30. The minimum atomic E-state index is -0.535. The standard InChI is InChI=1S/C12H16FNO/c1-8-6-10(13)12(15)7-9(8)11-4-2-3-5-14-11/h6-7,11,14-15H,2-5H2,1H3. The van der Waals surface area contributed by atoms with Crippen LogP contribution in [0.2, 0.25) is 0 Å². The molecule has 1 fully saturated rings. The molecule has 2 nitrogen and oxygen atoms in total. The van der Waals surface area contributed by atoms with Gasteiger partial charge >= 0.3 is 0 Å². The topological polar surface area (TPSA) is 32.3 Å². The van der Waals surface area contributed by atoms with E-state index in [1.807, 2.05) is 6.92 Å². The molecule has 0 amide bonds. The van der Waals surface area contributed by atoms with E-state index in [4.69, 9.17) is 0 Å². The summed E-state index contributed by atoms with van der Waals surface area (Å²) in [7, 11) is 0. The number of nitrogens with one attached hydrogen (secondary N) is 1. The van der Waals surface area contributed by atoms with Crippen molar-refractivity contribution >= 4 is 0 Å². The van der Waals surface area contributed by atoms with Crippen molar-refractivity contribution < 1.29 is 9.50 Å². The Bertz CT molecular complexity index is 359. The highest BCUT2D eigenvalue weighted by molar-refractivity contribution is 5.37. The van der Waals surface area contributed by atoms with E-state index in [1.165, 1.54) is 18.9 Å².